The maximum Gasteiger partial charge on any atom is 0.248 e. The molecule has 3 rings (SSSR count). The van der Waals surface area contributed by atoms with Crippen LogP contribution in [0.15, 0.2) is 95.1 Å². The van der Waals surface area contributed by atoms with Crippen LogP contribution in [-0.4, -0.2) is 11.0 Å². The zero-order valence-corrected chi connectivity index (χ0v) is 20.4. The van der Waals surface area contributed by atoms with Crippen molar-refractivity contribution in [2.24, 2.45) is 5.41 Å². The monoisotopic (exact) mass is 441 g/mol. The van der Waals surface area contributed by atoms with E-state index in [0.29, 0.717) is 11.1 Å². The summed E-state index contributed by atoms with van der Waals surface area (Å²) >= 11 is 0. The van der Waals surface area contributed by atoms with Crippen molar-refractivity contribution in [3.8, 4) is 5.75 Å². The summed E-state index contributed by atoms with van der Waals surface area (Å²) in [6, 6.07) is 10.8. The van der Waals surface area contributed by atoms with Gasteiger partial charge in [-0.2, -0.15) is 0 Å². The standard InChI is InChI=1S/C30H35NO2/c1-21(17-18-26-23(3)12-9-19-30(26,4)5)10-6-11-22(2)20-29(33)31-27-15-7-14-25-24(27)13-8-16-28(25)32/h6-8,10-11,13-18,20,32H,9,12,19H2,1-5H3,(H,31,33)/b11-6+,18-17+,21-10+,22-20+. The van der Waals surface area contributed by atoms with E-state index in [1.165, 1.54) is 36.0 Å². The first kappa shape index (κ1) is 24.3. The van der Waals surface area contributed by atoms with Crippen LogP contribution in [0.4, 0.5) is 5.69 Å². The lowest BCUT2D eigenvalue weighted by Gasteiger charge is -2.32. The van der Waals surface area contributed by atoms with Crippen LogP contribution >= 0.6 is 0 Å². The quantitative estimate of drug-likeness (QED) is 0.352. The number of benzene rings is 2. The number of rotatable bonds is 6. The average Bonchev–Trinajstić information content (AvgIpc) is 2.73. The predicted octanol–water partition coefficient (Wildman–Crippen LogP) is 8.02. The summed E-state index contributed by atoms with van der Waals surface area (Å²) in [5, 5.41) is 14.5. The van der Waals surface area contributed by atoms with Gasteiger partial charge in [0.05, 0.1) is 0 Å². The van der Waals surface area contributed by atoms with E-state index >= 15 is 0 Å². The number of hydrogen-bond acceptors (Lipinski definition) is 2. The Bertz CT molecular complexity index is 1190. The van der Waals surface area contributed by atoms with Gasteiger partial charge in [0.1, 0.15) is 5.75 Å². The van der Waals surface area contributed by atoms with Crippen LogP contribution in [0.2, 0.25) is 0 Å². The number of phenols is 1. The molecule has 0 heterocycles. The number of amides is 1. The molecular formula is C30H35NO2. The largest absolute Gasteiger partial charge is 0.507 e. The fourth-order valence-electron chi connectivity index (χ4n) is 4.46. The van der Waals surface area contributed by atoms with Gasteiger partial charge in [-0.05, 0) is 68.7 Å². The van der Waals surface area contributed by atoms with Gasteiger partial charge in [-0.3, -0.25) is 4.79 Å². The molecule has 1 amide bonds. The highest BCUT2D eigenvalue weighted by molar-refractivity contribution is 6.07. The van der Waals surface area contributed by atoms with Crippen molar-refractivity contribution in [2.45, 2.75) is 53.9 Å². The van der Waals surface area contributed by atoms with Crippen LogP contribution in [0.5, 0.6) is 5.75 Å². The third-order valence-corrected chi connectivity index (χ3v) is 6.29. The van der Waals surface area contributed by atoms with Crippen LogP contribution in [-0.2, 0) is 4.79 Å². The van der Waals surface area contributed by atoms with Gasteiger partial charge in [-0.15, -0.1) is 0 Å². The second-order valence-electron chi connectivity index (χ2n) is 9.59. The number of nitrogens with one attached hydrogen (secondary N) is 1. The van der Waals surface area contributed by atoms with E-state index in [9.17, 15) is 9.90 Å². The second kappa shape index (κ2) is 10.5. The van der Waals surface area contributed by atoms with Crippen molar-refractivity contribution in [1.29, 1.82) is 0 Å². The Morgan fingerprint density at radius 2 is 1.76 bits per heavy atom. The molecule has 0 bridgehead atoms. The number of carbonyl (C=O) groups excluding carboxylic acids is 1. The summed E-state index contributed by atoms with van der Waals surface area (Å²) < 4.78 is 0. The first-order valence-electron chi connectivity index (χ1n) is 11.6. The molecule has 1 aliphatic carbocycles. The molecule has 0 atom stereocenters. The van der Waals surface area contributed by atoms with Gasteiger partial charge >= 0.3 is 0 Å². The normalized spacial score (nSPS) is 17.4. The number of allylic oxidation sites excluding steroid dienone is 9. The summed E-state index contributed by atoms with van der Waals surface area (Å²) in [6.45, 7) is 10.9. The summed E-state index contributed by atoms with van der Waals surface area (Å²) in [7, 11) is 0. The summed E-state index contributed by atoms with van der Waals surface area (Å²) in [5.41, 5.74) is 5.90. The third kappa shape index (κ3) is 6.35. The lowest BCUT2D eigenvalue weighted by Crippen LogP contribution is -2.19. The SMILES string of the molecule is CC1=C(/C=C/C(C)=C/C=C/C(C)=C/C(=O)Nc2cccc3c(O)cccc23)C(C)(C)CCC1. The summed E-state index contributed by atoms with van der Waals surface area (Å²) in [5.74, 6) is 0.00324. The zero-order chi connectivity index (χ0) is 24.0. The number of phenolic OH excluding ortho intramolecular Hbond substituents is 1. The zero-order valence-electron chi connectivity index (χ0n) is 20.4. The van der Waals surface area contributed by atoms with Gasteiger partial charge < -0.3 is 10.4 Å². The van der Waals surface area contributed by atoms with Crippen LogP contribution in [0.25, 0.3) is 10.8 Å². The molecule has 172 valence electrons. The molecule has 0 fully saturated rings. The maximum atomic E-state index is 12.5. The molecule has 0 aliphatic heterocycles. The van der Waals surface area contributed by atoms with Crippen molar-refractivity contribution < 1.29 is 9.90 Å². The minimum absolute atomic E-state index is 0.199. The first-order chi connectivity index (χ1) is 15.7. The highest BCUT2D eigenvalue weighted by Crippen LogP contribution is 2.40. The highest BCUT2D eigenvalue weighted by Gasteiger charge is 2.26. The van der Waals surface area contributed by atoms with E-state index in [1.807, 2.05) is 43.3 Å². The van der Waals surface area contributed by atoms with Crippen LogP contribution in [0.3, 0.4) is 0 Å². The molecular weight excluding hydrogens is 406 g/mol. The number of hydrogen-bond donors (Lipinski definition) is 2. The first-order valence-corrected chi connectivity index (χ1v) is 11.6. The Morgan fingerprint density at radius 3 is 2.52 bits per heavy atom. The minimum Gasteiger partial charge on any atom is -0.507 e. The average molecular weight is 442 g/mol. The molecule has 0 aromatic heterocycles. The van der Waals surface area contributed by atoms with E-state index in [1.54, 1.807) is 18.2 Å². The molecule has 2 aromatic carbocycles. The van der Waals surface area contributed by atoms with E-state index in [-0.39, 0.29) is 17.1 Å². The molecule has 3 nitrogen and oxygen atoms in total. The van der Waals surface area contributed by atoms with Crippen molar-refractivity contribution in [3.05, 3.63) is 95.1 Å². The Labute approximate surface area is 197 Å². The fraction of sp³-hybridized carbons (Fsp3) is 0.300. The molecule has 2 N–H and O–H groups in total. The predicted molar refractivity (Wildman–Crippen MR) is 140 cm³/mol. The smallest absolute Gasteiger partial charge is 0.248 e. The Balaban J connectivity index is 1.65. The van der Waals surface area contributed by atoms with Crippen molar-refractivity contribution >= 4 is 22.4 Å². The van der Waals surface area contributed by atoms with Crippen LogP contribution in [0.1, 0.15) is 53.9 Å². The van der Waals surface area contributed by atoms with Crippen LogP contribution < -0.4 is 5.32 Å². The Hall–Kier alpha value is -3.33. The molecule has 0 saturated carbocycles. The lowest BCUT2D eigenvalue weighted by atomic mass is 9.72. The number of fused-ring (bicyclic) bond motifs is 1. The molecule has 0 radical (unpaired) electrons. The van der Waals surface area contributed by atoms with E-state index in [0.717, 1.165) is 11.0 Å². The summed E-state index contributed by atoms with van der Waals surface area (Å²) in [4.78, 5) is 12.5. The molecule has 0 saturated heterocycles. The second-order valence-corrected chi connectivity index (χ2v) is 9.59. The number of aromatic hydroxyl groups is 1. The van der Waals surface area contributed by atoms with Gasteiger partial charge in [-0.25, -0.2) is 0 Å². The van der Waals surface area contributed by atoms with E-state index < -0.39 is 0 Å². The lowest BCUT2D eigenvalue weighted by molar-refractivity contribution is -0.111. The van der Waals surface area contributed by atoms with Crippen LogP contribution in [0, 0.1) is 5.41 Å². The maximum absolute atomic E-state index is 12.5. The van der Waals surface area contributed by atoms with E-state index in [4.69, 9.17) is 0 Å². The molecule has 2 aromatic rings. The number of carbonyl (C=O) groups is 1. The molecule has 0 unspecified atom stereocenters. The topological polar surface area (TPSA) is 49.3 Å². The number of anilines is 1. The van der Waals surface area contributed by atoms with Gasteiger partial charge in [0.15, 0.2) is 0 Å². The van der Waals surface area contributed by atoms with Gasteiger partial charge in [-0.1, -0.05) is 79.6 Å². The molecule has 33 heavy (non-hydrogen) atoms. The Kier molecular flexibility index (Phi) is 7.75. The molecule has 3 heteroatoms. The minimum atomic E-state index is -0.199. The van der Waals surface area contributed by atoms with Gasteiger partial charge in [0.25, 0.3) is 0 Å². The third-order valence-electron chi connectivity index (χ3n) is 6.29. The van der Waals surface area contributed by atoms with Gasteiger partial charge in [0, 0.05) is 22.5 Å². The fourth-order valence-corrected chi connectivity index (χ4v) is 4.46. The van der Waals surface area contributed by atoms with Crippen molar-refractivity contribution in [3.63, 3.8) is 0 Å². The van der Waals surface area contributed by atoms with Crippen molar-refractivity contribution in [2.75, 3.05) is 5.32 Å². The van der Waals surface area contributed by atoms with Crippen molar-refractivity contribution in [1.82, 2.24) is 0 Å². The molecule has 0 spiro atoms. The highest BCUT2D eigenvalue weighted by atomic mass is 16.3. The van der Waals surface area contributed by atoms with E-state index in [2.05, 4.69) is 51.2 Å². The summed E-state index contributed by atoms with van der Waals surface area (Å²) in [6.07, 6.45) is 15.7. The Morgan fingerprint density at radius 1 is 1.03 bits per heavy atom. The molecule has 1 aliphatic rings. The van der Waals surface area contributed by atoms with Gasteiger partial charge in [0.2, 0.25) is 5.91 Å².